The topological polar surface area (TPSA) is 145 Å². The molecule has 4 N–H and O–H groups in total. The number of carboxylic acids is 1. The van der Waals surface area contributed by atoms with E-state index in [1.165, 1.54) is 24.9 Å². The van der Waals surface area contributed by atoms with E-state index in [9.17, 15) is 29.4 Å². The quantitative estimate of drug-likeness (QED) is 0.510. The molecule has 1 aromatic carbocycles. The van der Waals surface area contributed by atoms with E-state index < -0.39 is 41.9 Å². The zero-order chi connectivity index (χ0) is 21.6. The molecule has 0 spiro atoms. The number of aliphatic hydroxyl groups excluding tert-OH is 1. The lowest BCUT2D eigenvalue weighted by Gasteiger charge is -2.26. The highest BCUT2D eigenvalue weighted by Gasteiger charge is 2.30. The minimum atomic E-state index is -1.31. The lowest BCUT2D eigenvalue weighted by Crippen LogP contribution is -2.53. The van der Waals surface area contributed by atoms with Gasteiger partial charge in [-0.2, -0.15) is 0 Å². The summed E-state index contributed by atoms with van der Waals surface area (Å²) in [6.07, 6.45) is -1.59. The highest BCUT2D eigenvalue weighted by Crippen LogP contribution is 2.18. The average Bonchev–Trinajstić information content (AvgIpc) is 2.67. The van der Waals surface area contributed by atoms with Gasteiger partial charge in [0.15, 0.2) is 0 Å². The van der Waals surface area contributed by atoms with Crippen molar-refractivity contribution in [2.45, 2.75) is 38.0 Å². The van der Waals surface area contributed by atoms with Gasteiger partial charge < -0.3 is 30.5 Å². The maximum absolute atomic E-state index is 12.6. The molecule has 0 aliphatic carbocycles. The van der Waals surface area contributed by atoms with E-state index in [0.29, 0.717) is 0 Å². The van der Waals surface area contributed by atoms with Crippen LogP contribution in [-0.2, 0) is 14.4 Å². The summed E-state index contributed by atoms with van der Waals surface area (Å²) < 4.78 is 5.61. The van der Waals surface area contributed by atoms with E-state index in [4.69, 9.17) is 4.74 Å². The lowest BCUT2D eigenvalue weighted by molar-refractivity contribution is -0.140. The van der Waals surface area contributed by atoms with Gasteiger partial charge in [0.05, 0.1) is 18.2 Å². The first kappa shape index (κ1) is 22.2. The van der Waals surface area contributed by atoms with E-state index in [0.717, 1.165) is 0 Å². The van der Waals surface area contributed by atoms with E-state index in [1.807, 2.05) is 0 Å². The number of aliphatic hydroxyl groups is 1. The third-order valence-corrected chi connectivity index (χ3v) is 4.52. The number of nitrogens with zero attached hydrogens (tertiary/aromatic N) is 1. The molecule has 0 radical (unpaired) electrons. The predicted molar refractivity (Wildman–Crippen MR) is 101 cm³/mol. The molecule has 3 atom stereocenters. The van der Waals surface area contributed by atoms with Crippen LogP contribution in [0.25, 0.3) is 0 Å². The van der Waals surface area contributed by atoms with Crippen LogP contribution in [0.15, 0.2) is 24.3 Å². The van der Waals surface area contributed by atoms with Crippen molar-refractivity contribution in [2.75, 3.05) is 20.2 Å². The molecule has 158 valence electrons. The van der Waals surface area contributed by atoms with Gasteiger partial charge in [-0.25, -0.2) is 4.79 Å². The normalized spacial score (nSPS) is 22.9. The van der Waals surface area contributed by atoms with Crippen LogP contribution >= 0.6 is 0 Å². The van der Waals surface area contributed by atoms with Crippen LogP contribution in [0.2, 0.25) is 0 Å². The van der Waals surface area contributed by atoms with Crippen LogP contribution in [-0.4, -0.2) is 77.2 Å². The fraction of sp³-hybridized carbons (Fsp3) is 0.474. The lowest BCUT2D eigenvalue weighted by atomic mass is 10.1. The molecular formula is C19H25N3O7. The SMILES string of the molecule is C[C@@H](O)[C@@H]1NC(=O)CC[C@@H](C(=O)O)NC(=O)c2ccccc2OCCN(C)C1=O. The molecule has 0 saturated heterocycles. The maximum Gasteiger partial charge on any atom is 0.326 e. The molecule has 0 unspecified atom stereocenters. The molecule has 2 rings (SSSR count). The zero-order valence-corrected chi connectivity index (χ0v) is 16.3. The minimum Gasteiger partial charge on any atom is -0.491 e. The molecule has 0 saturated carbocycles. The first-order valence-corrected chi connectivity index (χ1v) is 9.18. The Hall–Kier alpha value is -3.14. The number of aliphatic carboxylic acids is 1. The van der Waals surface area contributed by atoms with Gasteiger partial charge >= 0.3 is 5.97 Å². The standard InChI is InChI=1S/C19H25N3O7/c1-11(23)16-18(26)22(2)9-10-29-14-6-4-3-5-12(14)17(25)20-13(19(27)28)7-8-15(24)21-16/h3-6,11,13,16,23H,7-10H2,1-2H3,(H,20,25)(H,21,24)(H,27,28)/t11-,13+,16+/m1/s1. The molecule has 0 fully saturated rings. The smallest absolute Gasteiger partial charge is 0.326 e. The van der Waals surface area contributed by atoms with E-state index in [-0.39, 0.29) is 37.3 Å². The number of hydrogen-bond acceptors (Lipinski definition) is 6. The van der Waals surface area contributed by atoms with E-state index >= 15 is 0 Å². The Morgan fingerprint density at radius 2 is 1.93 bits per heavy atom. The predicted octanol–water partition coefficient (Wildman–Crippen LogP) is -0.634. The Morgan fingerprint density at radius 1 is 1.24 bits per heavy atom. The number of hydrogen-bond donors (Lipinski definition) is 4. The van der Waals surface area contributed by atoms with Crippen molar-refractivity contribution in [2.24, 2.45) is 0 Å². The summed E-state index contributed by atoms with van der Waals surface area (Å²) in [6, 6.07) is 3.84. The van der Waals surface area contributed by atoms with Gasteiger partial charge in [-0.15, -0.1) is 0 Å². The molecule has 0 bridgehead atoms. The second kappa shape index (κ2) is 9.87. The second-order valence-electron chi connectivity index (χ2n) is 6.79. The Bertz CT molecular complexity index is 781. The zero-order valence-electron chi connectivity index (χ0n) is 16.3. The Kier molecular flexibility index (Phi) is 7.54. The molecule has 1 heterocycles. The number of carboxylic acid groups (broad SMARTS) is 1. The fourth-order valence-corrected chi connectivity index (χ4v) is 2.82. The molecule has 1 aliphatic rings. The Labute approximate surface area is 167 Å². The van der Waals surface area contributed by atoms with Crippen molar-refractivity contribution in [1.82, 2.24) is 15.5 Å². The monoisotopic (exact) mass is 407 g/mol. The fourth-order valence-electron chi connectivity index (χ4n) is 2.82. The minimum absolute atomic E-state index is 0.0510. The summed E-state index contributed by atoms with van der Waals surface area (Å²) in [6.45, 7) is 1.57. The Balaban J connectivity index is 2.32. The first-order valence-electron chi connectivity index (χ1n) is 9.18. The van der Waals surface area contributed by atoms with Crippen molar-refractivity contribution in [3.05, 3.63) is 29.8 Å². The van der Waals surface area contributed by atoms with Gasteiger partial charge in [-0.1, -0.05) is 12.1 Å². The molecule has 29 heavy (non-hydrogen) atoms. The second-order valence-corrected chi connectivity index (χ2v) is 6.79. The van der Waals surface area contributed by atoms with Crippen LogP contribution in [0, 0.1) is 0 Å². The summed E-state index contributed by atoms with van der Waals surface area (Å²) in [4.78, 5) is 50.1. The number of likely N-dealkylation sites (N-methyl/N-ethyl adjacent to an activating group) is 1. The van der Waals surface area contributed by atoms with Gasteiger partial charge in [-0.05, 0) is 25.5 Å². The molecule has 1 aliphatic heterocycles. The molecule has 3 amide bonds. The molecule has 10 nitrogen and oxygen atoms in total. The van der Waals surface area contributed by atoms with Gasteiger partial charge in [0.25, 0.3) is 5.91 Å². The van der Waals surface area contributed by atoms with E-state index in [2.05, 4.69) is 10.6 Å². The summed E-state index contributed by atoms with van der Waals surface area (Å²) in [5, 5.41) is 24.1. The van der Waals surface area contributed by atoms with Gasteiger partial charge in [0, 0.05) is 13.5 Å². The number of nitrogens with one attached hydrogen (secondary N) is 2. The number of fused-ring (bicyclic) bond motifs is 1. The average molecular weight is 407 g/mol. The summed E-state index contributed by atoms with van der Waals surface area (Å²) in [5.41, 5.74) is 0.147. The summed E-state index contributed by atoms with van der Waals surface area (Å²) >= 11 is 0. The molecule has 1 aromatic rings. The number of amides is 3. The number of para-hydroxylation sites is 1. The van der Waals surface area contributed by atoms with E-state index in [1.54, 1.807) is 18.2 Å². The van der Waals surface area contributed by atoms with Crippen LogP contribution < -0.4 is 15.4 Å². The third kappa shape index (κ3) is 5.92. The van der Waals surface area contributed by atoms with Crippen LogP contribution in [0.1, 0.15) is 30.1 Å². The van der Waals surface area contributed by atoms with Crippen molar-refractivity contribution in [3.8, 4) is 5.75 Å². The first-order chi connectivity index (χ1) is 13.7. The molecule has 10 heteroatoms. The molecular weight excluding hydrogens is 382 g/mol. The number of carbonyl (C=O) groups is 4. The van der Waals surface area contributed by atoms with Crippen LogP contribution in [0.5, 0.6) is 5.75 Å². The highest BCUT2D eigenvalue weighted by molar-refractivity contribution is 5.99. The number of rotatable bonds is 2. The summed E-state index contributed by atoms with van der Waals surface area (Å²) in [5.74, 6) is -2.81. The number of benzene rings is 1. The third-order valence-electron chi connectivity index (χ3n) is 4.52. The van der Waals surface area contributed by atoms with Crippen molar-refractivity contribution >= 4 is 23.7 Å². The van der Waals surface area contributed by atoms with Gasteiger partial charge in [0.2, 0.25) is 11.8 Å². The highest BCUT2D eigenvalue weighted by atomic mass is 16.5. The van der Waals surface area contributed by atoms with Crippen molar-refractivity contribution in [1.29, 1.82) is 0 Å². The number of ether oxygens (including phenoxy) is 1. The van der Waals surface area contributed by atoms with Crippen molar-refractivity contribution < 1.29 is 34.1 Å². The number of carbonyl (C=O) groups excluding carboxylic acids is 3. The van der Waals surface area contributed by atoms with Crippen molar-refractivity contribution in [3.63, 3.8) is 0 Å². The largest absolute Gasteiger partial charge is 0.491 e. The summed E-state index contributed by atoms with van der Waals surface area (Å²) in [7, 11) is 1.50. The molecule has 0 aromatic heterocycles. The van der Waals surface area contributed by atoms with Gasteiger partial charge in [-0.3, -0.25) is 14.4 Å². The van der Waals surface area contributed by atoms with Crippen LogP contribution in [0.3, 0.4) is 0 Å². The van der Waals surface area contributed by atoms with Crippen LogP contribution in [0.4, 0.5) is 0 Å². The van der Waals surface area contributed by atoms with Gasteiger partial charge in [0.1, 0.15) is 24.4 Å². The Morgan fingerprint density at radius 3 is 2.59 bits per heavy atom. The maximum atomic E-state index is 12.6.